The summed E-state index contributed by atoms with van der Waals surface area (Å²) < 4.78 is 11.2. The van der Waals surface area contributed by atoms with E-state index in [2.05, 4.69) is 22.3 Å². The molecule has 2 aromatic rings. The van der Waals surface area contributed by atoms with E-state index in [1.54, 1.807) is 7.11 Å². The summed E-state index contributed by atoms with van der Waals surface area (Å²) in [6, 6.07) is 13.9. The van der Waals surface area contributed by atoms with E-state index in [1.807, 2.05) is 56.0 Å². The number of nitrogens with one attached hydrogen (secondary N) is 1. The fourth-order valence-corrected chi connectivity index (χ4v) is 3.69. The molecule has 3 rings (SSSR count). The standard InChI is InChI=1S/C23H31N3O3/c1-5-29-22-9-7-6-8-20(22)25-12-14-26(15-13-25)23(27)24-18(3)19-16-17(2)10-11-21(19)28-4/h6-11,16,18H,5,12-15H2,1-4H3,(H,24,27). The molecular weight excluding hydrogens is 366 g/mol. The zero-order chi connectivity index (χ0) is 20.8. The molecule has 1 aliphatic rings. The smallest absolute Gasteiger partial charge is 0.317 e. The van der Waals surface area contributed by atoms with Crippen molar-refractivity contribution in [1.29, 1.82) is 0 Å². The van der Waals surface area contributed by atoms with E-state index in [9.17, 15) is 4.79 Å². The molecule has 1 unspecified atom stereocenters. The van der Waals surface area contributed by atoms with Crippen LogP contribution in [0.4, 0.5) is 10.5 Å². The minimum Gasteiger partial charge on any atom is -0.496 e. The number of nitrogens with zero attached hydrogens (tertiary/aromatic N) is 2. The maximum atomic E-state index is 12.8. The number of benzene rings is 2. The van der Waals surface area contributed by atoms with Gasteiger partial charge in [-0.15, -0.1) is 0 Å². The molecule has 0 radical (unpaired) electrons. The molecule has 2 aromatic carbocycles. The van der Waals surface area contributed by atoms with Crippen LogP contribution in [0.5, 0.6) is 11.5 Å². The van der Waals surface area contributed by atoms with Crippen molar-refractivity contribution in [3.8, 4) is 11.5 Å². The number of methoxy groups -OCH3 is 1. The number of urea groups is 1. The number of ether oxygens (including phenoxy) is 2. The lowest BCUT2D eigenvalue weighted by Gasteiger charge is -2.37. The van der Waals surface area contributed by atoms with Crippen LogP contribution in [0.15, 0.2) is 42.5 Å². The van der Waals surface area contributed by atoms with Crippen LogP contribution < -0.4 is 19.7 Å². The topological polar surface area (TPSA) is 54.0 Å². The number of hydrogen-bond acceptors (Lipinski definition) is 4. The van der Waals surface area contributed by atoms with Crippen LogP contribution in [0, 0.1) is 6.92 Å². The lowest BCUT2D eigenvalue weighted by Crippen LogP contribution is -2.52. The van der Waals surface area contributed by atoms with Crippen molar-refractivity contribution in [2.24, 2.45) is 0 Å². The Balaban J connectivity index is 1.60. The highest BCUT2D eigenvalue weighted by molar-refractivity contribution is 5.75. The number of piperazine rings is 1. The van der Waals surface area contributed by atoms with Crippen molar-refractivity contribution in [2.75, 3.05) is 44.8 Å². The van der Waals surface area contributed by atoms with Crippen molar-refractivity contribution >= 4 is 11.7 Å². The van der Waals surface area contributed by atoms with Gasteiger partial charge >= 0.3 is 6.03 Å². The Hall–Kier alpha value is -2.89. The van der Waals surface area contributed by atoms with Gasteiger partial charge in [0.25, 0.3) is 0 Å². The molecule has 1 saturated heterocycles. The van der Waals surface area contributed by atoms with Gasteiger partial charge in [-0.05, 0) is 39.0 Å². The van der Waals surface area contributed by atoms with E-state index in [1.165, 1.54) is 0 Å². The third-order valence-electron chi connectivity index (χ3n) is 5.26. The number of amides is 2. The van der Waals surface area contributed by atoms with Crippen molar-refractivity contribution < 1.29 is 14.3 Å². The Morgan fingerprint density at radius 1 is 1.10 bits per heavy atom. The molecule has 1 fully saturated rings. The van der Waals surface area contributed by atoms with Gasteiger partial charge in [0.15, 0.2) is 0 Å². The molecule has 6 heteroatoms. The van der Waals surface area contributed by atoms with Crippen LogP contribution in [0.3, 0.4) is 0 Å². The SMILES string of the molecule is CCOc1ccccc1N1CCN(C(=O)NC(C)c2cc(C)ccc2OC)CC1. The van der Waals surface area contributed by atoms with Gasteiger partial charge in [0.05, 0.1) is 25.4 Å². The van der Waals surface area contributed by atoms with Crippen molar-refractivity contribution in [1.82, 2.24) is 10.2 Å². The summed E-state index contributed by atoms with van der Waals surface area (Å²) in [6.07, 6.45) is 0. The van der Waals surface area contributed by atoms with Gasteiger partial charge in [-0.25, -0.2) is 4.79 Å². The van der Waals surface area contributed by atoms with E-state index in [-0.39, 0.29) is 12.1 Å². The van der Waals surface area contributed by atoms with Crippen LogP contribution in [-0.4, -0.2) is 50.8 Å². The first kappa shape index (κ1) is 20.8. The molecule has 2 amide bonds. The molecule has 0 saturated carbocycles. The van der Waals surface area contributed by atoms with E-state index < -0.39 is 0 Å². The fraction of sp³-hybridized carbons (Fsp3) is 0.435. The first-order valence-electron chi connectivity index (χ1n) is 10.2. The van der Waals surface area contributed by atoms with Gasteiger partial charge in [-0.2, -0.15) is 0 Å². The maximum absolute atomic E-state index is 12.8. The Kier molecular flexibility index (Phi) is 6.86. The normalized spacial score (nSPS) is 15.0. The molecule has 1 heterocycles. The Bertz CT molecular complexity index is 832. The number of anilines is 1. The highest BCUT2D eigenvalue weighted by Gasteiger charge is 2.24. The van der Waals surface area contributed by atoms with Crippen molar-refractivity contribution in [3.63, 3.8) is 0 Å². The monoisotopic (exact) mass is 397 g/mol. The second-order valence-electron chi connectivity index (χ2n) is 7.29. The summed E-state index contributed by atoms with van der Waals surface area (Å²) >= 11 is 0. The predicted molar refractivity (Wildman–Crippen MR) is 116 cm³/mol. The quantitative estimate of drug-likeness (QED) is 0.801. The van der Waals surface area contributed by atoms with Crippen molar-refractivity contribution in [2.45, 2.75) is 26.8 Å². The first-order valence-corrected chi connectivity index (χ1v) is 10.2. The number of rotatable bonds is 6. The fourth-order valence-electron chi connectivity index (χ4n) is 3.69. The maximum Gasteiger partial charge on any atom is 0.317 e. The average molecular weight is 398 g/mol. The van der Waals surface area contributed by atoms with Gasteiger partial charge in [0, 0.05) is 31.7 Å². The molecule has 0 aromatic heterocycles. The zero-order valence-corrected chi connectivity index (χ0v) is 17.8. The third kappa shape index (κ3) is 4.94. The van der Waals surface area contributed by atoms with Crippen LogP contribution in [0.2, 0.25) is 0 Å². The molecule has 1 N–H and O–H groups in total. The minimum atomic E-state index is -0.131. The molecule has 156 valence electrons. The minimum absolute atomic E-state index is 0.0428. The van der Waals surface area contributed by atoms with E-state index >= 15 is 0 Å². The molecule has 0 aliphatic carbocycles. The van der Waals surface area contributed by atoms with Gasteiger partial charge in [0.1, 0.15) is 11.5 Å². The lowest BCUT2D eigenvalue weighted by molar-refractivity contribution is 0.191. The number of carbonyl (C=O) groups is 1. The van der Waals surface area contributed by atoms with Gasteiger partial charge in [-0.3, -0.25) is 0 Å². The van der Waals surface area contributed by atoms with Crippen LogP contribution >= 0.6 is 0 Å². The summed E-state index contributed by atoms with van der Waals surface area (Å²) in [4.78, 5) is 17.0. The second kappa shape index (κ2) is 9.54. The number of carbonyl (C=O) groups excluding carboxylic acids is 1. The molecule has 1 atom stereocenters. The molecular formula is C23H31N3O3. The Morgan fingerprint density at radius 3 is 2.52 bits per heavy atom. The zero-order valence-electron chi connectivity index (χ0n) is 17.8. The van der Waals surface area contributed by atoms with E-state index in [4.69, 9.17) is 9.47 Å². The van der Waals surface area contributed by atoms with E-state index in [0.717, 1.165) is 41.4 Å². The third-order valence-corrected chi connectivity index (χ3v) is 5.26. The molecule has 1 aliphatic heterocycles. The first-order chi connectivity index (χ1) is 14.0. The number of para-hydroxylation sites is 2. The van der Waals surface area contributed by atoms with Crippen LogP contribution in [-0.2, 0) is 0 Å². The van der Waals surface area contributed by atoms with Gasteiger partial charge in [0.2, 0.25) is 0 Å². The number of hydrogen-bond donors (Lipinski definition) is 1. The number of aryl methyl sites for hydroxylation is 1. The van der Waals surface area contributed by atoms with Crippen LogP contribution in [0.25, 0.3) is 0 Å². The summed E-state index contributed by atoms with van der Waals surface area (Å²) in [7, 11) is 1.65. The summed E-state index contributed by atoms with van der Waals surface area (Å²) in [6.45, 7) is 9.55. The van der Waals surface area contributed by atoms with Gasteiger partial charge < -0.3 is 24.6 Å². The Labute approximate surface area is 173 Å². The van der Waals surface area contributed by atoms with E-state index in [0.29, 0.717) is 19.7 Å². The predicted octanol–water partition coefficient (Wildman–Crippen LogP) is 4.00. The van der Waals surface area contributed by atoms with Crippen LogP contribution in [0.1, 0.15) is 31.0 Å². The van der Waals surface area contributed by atoms with Gasteiger partial charge in [-0.1, -0.05) is 29.8 Å². The molecule has 0 spiro atoms. The Morgan fingerprint density at radius 2 is 1.83 bits per heavy atom. The highest BCUT2D eigenvalue weighted by Crippen LogP contribution is 2.29. The summed E-state index contributed by atoms with van der Waals surface area (Å²) in [5.74, 6) is 1.69. The average Bonchev–Trinajstić information content (AvgIpc) is 2.74. The summed E-state index contributed by atoms with van der Waals surface area (Å²) in [5, 5.41) is 3.12. The summed E-state index contributed by atoms with van der Waals surface area (Å²) in [5.41, 5.74) is 3.22. The highest BCUT2D eigenvalue weighted by atomic mass is 16.5. The molecule has 0 bridgehead atoms. The largest absolute Gasteiger partial charge is 0.496 e. The molecule has 6 nitrogen and oxygen atoms in total. The lowest BCUT2D eigenvalue weighted by atomic mass is 10.0. The van der Waals surface area contributed by atoms with Crippen molar-refractivity contribution in [3.05, 3.63) is 53.6 Å². The molecule has 29 heavy (non-hydrogen) atoms. The second-order valence-corrected chi connectivity index (χ2v) is 7.29.